The van der Waals surface area contributed by atoms with E-state index in [4.69, 9.17) is 0 Å². The van der Waals surface area contributed by atoms with Gasteiger partial charge in [-0.05, 0) is 13.0 Å². The number of carbonyl (C=O) groups is 1. The van der Waals surface area contributed by atoms with Gasteiger partial charge in [-0.2, -0.15) is 0 Å². The van der Waals surface area contributed by atoms with E-state index >= 15 is 0 Å². The van der Waals surface area contributed by atoms with Crippen LogP contribution in [0, 0.1) is 0 Å². The lowest BCUT2D eigenvalue weighted by molar-refractivity contribution is -0.121. The number of hydrogen-bond acceptors (Lipinski definition) is 4. The lowest BCUT2D eigenvalue weighted by atomic mass is 10.2. The van der Waals surface area contributed by atoms with E-state index in [0.717, 1.165) is 6.54 Å². The second-order valence-corrected chi connectivity index (χ2v) is 6.76. The summed E-state index contributed by atoms with van der Waals surface area (Å²) in [5, 5.41) is 2.72. The van der Waals surface area contributed by atoms with Crippen molar-refractivity contribution in [1.29, 1.82) is 0 Å². The molecular formula is C12H22N2O3S. The summed E-state index contributed by atoms with van der Waals surface area (Å²) in [5.74, 6) is 0.487. The number of hydrogen-bond donors (Lipinski definition) is 1. The molecule has 1 atom stereocenters. The van der Waals surface area contributed by atoms with E-state index < -0.39 is 9.84 Å². The fourth-order valence-electron chi connectivity index (χ4n) is 2.18. The molecule has 1 fully saturated rings. The first-order valence-corrected chi connectivity index (χ1v) is 8.12. The first kappa shape index (κ1) is 15.2. The first-order chi connectivity index (χ1) is 8.48. The third kappa shape index (κ3) is 4.78. The summed E-state index contributed by atoms with van der Waals surface area (Å²) in [4.78, 5) is 13.5. The van der Waals surface area contributed by atoms with Gasteiger partial charge in [0.1, 0.15) is 0 Å². The van der Waals surface area contributed by atoms with Crippen molar-refractivity contribution in [2.45, 2.75) is 25.8 Å². The third-order valence-corrected chi connectivity index (χ3v) is 4.95. The topological polar surface area (TPSA) is 66.5 Å². The van der Waals surface area contributed by atoms with Gasteiger partial charge in [-0.15, -0.1) is 6.58 Å². The molecule has 1 saturated heterocycles. The molecule has 5 nitrogen and oxygen atoms in total. The lowest BCUT2D eigenvalue weighted by Gasteiger charge is -2.26. The first-order valence-electron chi connectivity index (χ1n) is 6.30. The zero-order chi connectivity index (χ0) is 13.6. The van der Waals surface area contributed by atoms with E-state index in [1.54, 1.807) is 6.08 Å². The molecule has 1 N–H and O–H groups in total. The Bertz CT molecular complexity index is 392. The largest absolute Gasteiger partial charge is 0.353 e. The van der Waals surface area contributed by atoms with Crippen LogP contribution in [0.4, 0.5) is 0 Å². The van der Waals surface area contributed by atoms with Gasteiger partial charge in [0.05, 0.1) is 11.5 Å². The Kier molecular flexibility index (Phi) is 5.81. The Balaban J connectivity index is 2.38. The third-order valence-electron chi connectivity index (χ3n) is 3.20. The van der Waals surface area contributed by atoms with Crippen LogP contribution in [0.5, 0.6) is 0 Å². The molecule has 6 heteroatoms. The van der Waals surface area contributed by atoms with E-state index in [0.29, 0.717) is 25.9 Å². The van der Waals surface area contributed by atoms with Gasteiger partial charge in [-0.25, -0.2) is 8.42 Å². The summed E-state index contributed by atoms with van der Waals surface area (Å²) in [6, 6.07) is 0.0761. The highest BCUT2D eigenvalue weighted by Gasteiger charge is 2.31. The summed E-state index contributed by atoms with van der Waals surface area (Å²) in [6.07, 6.45) is 2.72. The average molecular weight is 274 g/mol. The normalized spacial score (nSPS) is 22.0. The van der Waals surface area contributed by atoms with Gasteiger partial charge < -0.3 is 5.32 Å². The van der Waals surface area contributed by atoms with Crippen molar-refractivity contribution in [2.75, 3.05) is 31.1 Å². The van der Waals surface area contributed by atoms with Gasteiger partial charge in [-0.1, -0.05) is 13.0 Å². The molecule has 0 aromatic carbocycles. The maximum atomic E-state index is 11.5. The van der Waals surface area contributed by atoms with Crippen LogP contribution in [-0.2, 0) is 14.6 Å². The van der Waals surface area contributed by atoms with Crippen molar-refractivity contribution in [3.63, 3.8) is 0 Å². The molecule has 1 aliphatic rings. The molecule has 1 aliphatic heterocycles. The van der Waals surface area contributed by atoms with Crippen molar-refractivity contribution in [3.8, 4) is 0 Å². The fourth-order valence-corrected chi connectivity index (χ4v) is 3.94. The minimum atomic E-state index is -2.86. The Morgan fingerprint density at radius 2 is 2.28 bits per heavy atom. The van der Waals surface area contributed by atoms with Crippen LogP contribution in [0.25, 0.3) is 0 Å². The molecule has 0 bridgehead atoms. The molecule has 1 rings (SSSR count). The van der Waals surface area contributed by atoms with Gasteiger partial charge in [0.15, 0.2) is 9.84 Å². The summed E-state index contributed by atoms with van der Waals surface area (Å²) >= 11 is 0. The molecule has 104 valence electrons. The number of carbonyl (C=O) groups excluding carboxylic acids is 1. The highest BCUT2D eigenvalue weighted by molar-refractivity contribution is 7.91. The molecule has 0 saturated carbocycles. The number of nitrogens with one attached hydrogen (secondary N) is 1. The standard InChI is InChI=1S/C12H22N2O3S/c1-3-7-13-12(15)5-8-14(4-2)11-6-9-18(16,17)10-11/h3,11H,1,4-10H2,2H3,(H,13,15). The van der Waals surface area contributed by atoms with E-state index in [2.05, 4.69) is 16.8 Å². The molecule has 0 aromatic rings. The molecule has 0 radical (unpaired) electrons. The molecule has 1 heterocycles. The molecule has 0 spiro atoms. The zero-order valence-electron chi connectivity index (χ0n) is 10.9. The average Bonchev–Trinajstić information content (AvgIpc) is 2.68. The lowest BCUT2D eigenvalue weighted by Crippen LogP contribution is -2.38. The van der Waals surface area contributed by atoms with Crippen LogP contribution in [0.3, 0.4) is 0 Å². The van der Waals surface area contributed by atoms with Gasteiger partial charge >= 0.3 is 0 Å². The summed E-state index contributed by atoms with van der Waals surface area (Å²) in [5.41, 5.74) is 0. The van der Waals surface area contributed by atoms with Crippen molar-refractivity contribution < 1.29 is 13.2 Å². The second kappa shape index (κ2) is 6.89. The van der Waals surface area contributed by atoms with Crippen LogP contribution in [-0.4, -0.2) is 56.4 Å². The van der Waals surface area contributed by atoms with Gasteiger partial charge in [0, 0.05) is 25.6 Å². The Morgan fingerprint density at radius 3 is 2.78 bits per heavy atom. The minimum Gasteiger partial charge on any atom is -0.353 e. The predicted molar refractivity (Wildman–Crippen MR) is 72.1 cm³/mol. The van der Waals surface area contributed by atoms with Crippen LogP contribution in [0.15, 0.2) is 12.7 Å². The smallest absolute Gasteiger partial charge is 0.221 e. The van der Waals surface area contributed by atoms with Crippen LogP contribution >= 0.6 is 0 Å². The van der Waals surface area contributed by atoms with Gasteiger partial charge in [0.2, 0.25) is 5.91 Å². The Labute approximate surface area is 109 Å². The number of nitrogens with zero attached hydrogens (tertiary/aromatic N) is 1. The molecule has 1 amide bonds. The van der Waals surface area contributed by atoms with E-state index in [-0.39, 0.29) is 23.5 Å². The van der Waals surface area contributed by atoms with Crippen LogP contribution in [0.1, 0.15) is 19.8 Å². The van der Waals surface area contributed by atoms with Crippen molar-refractivity contribution in [2.24, 2.45) is 0 Å². The zero-order valence-corrected chi connectivity index (χ0v) is 11.7. The SMILES string of the molecule is C=CCNC(=O)CCN(CC)C1CCS(=O)(=O)C1. The summed E-state index contributed by atoms with van der Waals surface area (Å²) in [6.45, 7) is 7.38. The number of sulfone groups is 1. The minimum absolute atomic E-state index is 0.0193. The highest BCUT2D eigenvalue weighted by atomic mass is 32.2. The summed E-state index contributed by atoms with van der Waals surface area (Å²) in [7, 11) is -2.86. The van der Waals surface area contributed by atoms with Crippen molar-refractivity contribution >= 4 is 15.7 Å². The maximum Gasteiger partial charge on any atom is 0.221 e. The molecule has 0 aromatic heterocycles. The van der Waals surface area contributed by atoms with Gasteiger partial charge in [-0.3, -0.25) is 9.69 Å². The van der Waals surface area contributed by atoms with Crippen molar-refractivity contribution in [3.05, 3.63) is 12.7 Å². The van der Waals surface area contributed by atoms with Crippen molar-refractivity contribution in [1.82, 2.24) is 10.2 Å². The number of amides is 1. The van der Waals surface area contributed by atoms with Crippen LogP contribution < -0.4 is 5.32 Å². The van der Waals surface area contributed by atoms with E-state index in [1.807, 2.05) is 6.92 Å². The van der Waals surface area contributed by atoms with E-state index in [9.17, 15) is 13.2 Å². The maximum absolute atomic E-state index is 11.5. The molecular weight excluding hydrogens is 252 g/mol. The number of rotatable bonds is 7. The summed E-state index contributed by atoms with van der Waals surface area (Å²) < 4.78 is 22.8. The predicted octanol–water partition coefficient (Wildman–Crippen LogP) is 0.188. The molecule has 18 heavy (non-hydrogen) atoms. The Morgan fingerprint density at radius 1 is 1.56 bits per heavy atom. The second-order valence-electron chi connectivity index (χ2n) is 4.53. The molecule has 1 unspecified atom stereocenters. The van der Waals surface area contributed by atoms with E-state index in [1.165, 1.54) is 0 Å². The molecule has 0 aliphatic carbocycles. The van der Waals surface area contributed by atoms with Crippen LogP contribution in [0.2, 0.25) is 0 Å². The monoisotopic (exact) mass is 274 g/mol. The van der Waals surface area contributed by atoms with Gasteiger partial charge in [0.25, 0.3) is 0 Å². The highest BCUT2D eigenvalue weighted by Crippen LogP contribution is 2.17. The quantitative estimate of drug-likeness (QED) is 0.673. The fraction of sp³-hybridized carbons (Fsp3) is 0.750. The Hall–Kier alpha value is -0.880.